The van der Waals surface area contributed by atoms with E-state index in [1.54, 1.807) is 11.1 Å². The molecule has 5 heterocycles. The number of hydrogen-bond acceptors (Lipinski definition) is 7. The van der Waals surface area contributed by atoms with Crippen LogP contribution in [0.1, 0.15) is 41.0 Å². The molecule has 0 bridgehead atoms. The van der Waals surface area contributed by atoms with Crippen molar-refractivity contribution in [2.24, 2.45) is 0 Å². The van der Waals surface area contributed by atoms with Gasteiger partial charge in [-0.3, -0.25) is 9.78 Å². The summed E-state index contributed by atoms with van der Waals surface area (Å²) in [6, 6.07) is 0. The minimum Gasteiger partial charge on any atom is -0.376 e. The standard InChI is InChI=1S/C20H22F2N6O2/c21-20(22)2-7-27(8-3-20)18-25-9-14-11-30-13-19(16(14)26-18)1-6-28(12-19)17(29)15-10-23-4-5-24-15/h4-5,9-10H,1-3,6-8,11-13H2/t19-/m0/s1. The molecule has 3 aliphatic heterocycles. The van der Waals surface area contributed by atoms with Gasteiger partial charge in [-0.2, -0.15) is 0 Å². The first kappa shape index (κ1) is 19.2. The Morgan fingerprint density at radius 1 is 1.07 bits per heavy atom. The fourth-order valence-corrected chi connectivity index (χ4v) is 4.50. The molecule has 30 heavy (non-hydrogen) atoms. The summed E-state index contributed by atoms with van der Waals surface area (Å²) in [5.41, 5.74) is 1.64. The van der Waals surface area contributed by atoms with Gasteiger partial charge in [-0.25, -0.2) is 23.7 Å². The van der Waals surface area contributed by atoms with E-state index in [-0.39, 0.29) is 31.8 Å². The van der Waals surface area contributed by atoms with E-state index < -0.39 is 11.3 Å². The number of alkyl halides is 2. The quantitative estimate of drug-likeness (QED) is 0.738. The maximum atomic E-state index is 13.5. The molecule has 5 rings (SSSR count). The van der Waals surface area contributed by atoms with Gasteiger partial charge in [0.15, 0.2) is 0 Å². The minimum atomic E-state index is -2.62. The fourth-order valence-electron chi connectivity index (χ4n) is 4.50. The zero-order valence-corrected chi connectivity index (χ0v) is 16.4. The summed E-state index contributed by atoms with van der Waals surface area (Å²) in [6.45, 7) is 2.35. The molecule has 0 aromatic carbocycles. The first-order valence-electron chi connectivity index (χ1n) is 10.1. The summed E-state index contributed by atoms with van der Waals surface area (Å²) in [4.78, 5) is 33.7. The average molecular weight is 416 g/mol. The Bertz CT molecular complexity index is 950. The number of anilines is 1. The highest BCUT2D eigenvalue weighted by molar-refractivity contribution is 5.92. The van der Waals surface area contributed by atoms with Crippen LogP contribution < -0.4 is 4.90 Å². The van der Waals surface area contributed by atoms with Gasteiger partial charge in [0, 0.05) is 63.2 Å². The van der Waals surface area contributed by atoms with Crippen LogP contribution in [0.4, 0.5) is 14.7 Å². The van der Waals surface area contributed by atoms with Gasteiger partial charge < -0.3 is 14.5 Å². The Morgan fingerprint density at radius 2 is 1.90 bits per heavy atom. The molecule has 0 radical (unpaired) electrons. The number of ether oxygens (including phenoxy) is 1. The highest BCUT2D eigenvalue weighted by atomic mass is 19.3. The van der Waals surface area contributed by atoms with E-state index in [1.165, 1.54) is 18.6 Å². The zero-order valence-electron chi connectivity index (χ0n) is 16.4. The van der Waals surface area contributed by atoms with Crippen molar-refractivity contribution in [1.82, 2.24) is 24.8 Å². The number of nitrogens with zero attached hydrogens (tertiary/aromatic N) is 6. The van der Waals surface area contributed by atoms with Gasteiger partial charge in [0.2, 0.25) is 5.95 Å². The Kier molecular flexibility index (Phi) is 4.61. The minimum absolute atomic E-state index is 0.167. The van der Waals surface area contributed by atoms with Crippen LogP contribution in [0.3, 0.4) is 0 Å². The van der Waals surface area contributed by atoms with Crippen molar-refractivity contribution in [2.45, 2.75) is 37.2 Å². The average Bonchev–Trinajstić information content (AvgIpc) is 3.19. The summed E-state index contributed by atoms with van der Waals surface area (Å²) in [6.07, 6.45) is 6.55. The van der Waals surface area contributed by atoms with Crippen molar-refractivity contribution >= 4 is 11.9 Å². The van der Waals surface area contributed by atoms with E-state index in [1.807, 2.05) is 4.90 Å². The molecule has 2 aromatic heterocycles. The van der Waals surface area contributed by atoms with Crippen LogP contribution in [0.5, 0.6) is 0 Å². The number of halogens is 2. The fraction of sp³-hybridized carbons (Fsp3) is 0.550. The Morgan fingerprint density at radius 3 is 2.67 bits per heavy atom. The predicted octanol–water partition coefficient (Wildman–Crippen LogP) is 1.82. The normalized spacial score (nSPS) is 25.4. The molecule has 10 heteroatoms. The number of rotatable bonds is 2. The molecule has 0 unspecified atom stereocenters. The zero-order chi connectivity index (χ0) is 20.8. The summed E-state index contributed by atoms with van der Waals surface area (Å²) in [5, 5.41) is 0. The predicted molar refractivity (Wildman–Crippen MR) is 102 cm³/mol. The summed E-state index contributed by atoms with van der Waals surface area (Å²) >= 11 is 0. The first-order chi connectivity index (χ1) is 14.5. The van der Waals surface area contributed by atoms with E-state index in [0.29, 0.717) is 44.4 Å². The number of carbonyl (C=O) groups excluding carboxylic acids is 1. The third kappa shape index (κ3) is 3.38. The molecule has 2 saturated heterocycles. The van der Waals surface area contributed by atoms with Gasteiger partial charge >= 0.3 is 0 Å². The first-order valence-corrected chi connectivity index (χ1v) is 10.1. The lowest BCUT2D eigenvalue weighted by Crippen LogP contribution is -2.43. The van der Waals surface area contributed by atoms with Crippen molar-refractivity contribution < 1.29 is 18.3 Å². The number of amides is 1. The number of carbonyl (C=O) groups is 1. The second-order valence-corrected chi connectivity index (χ2v) is 8.23. The van der Waals surface area contributed by atoms with E-state index in [2.05, 4.69) is 15.0 Å². The molecule has 3 aliphatic rings. The molecule has 0 N–H and O–H groups in total. The molecule has 158 valence electrons. The number of aromatic nitrogens is 4. The summed E-state index contributed by atoms with van der Waals surface area (Å²) < 4.78 is 32.9. The molecule has 2 aromatic rings. The van der Waals surface area contributed by atoms with E-state index in [9.17, 15) is 13.6 Å². The lowest BCUT2D eigenvalue weighted by Gasteiger charge is -2.36. The number of hydrogen-bond donors (Lipinski definition) is 0. The largest absolute Gasteiger partial charge is 0.376 e. The topological polar surface area (TPSA) is 84.3 Å². The van der Waals surface area contributed by atoms with Crippen molar-refractivity contribution in [3.63, 3.8) is 0 Å². The highest BCUT2D eigenvalue weighted by Crippen LogP contribution is 2.40. The van der Waals surface area contributed by atoms with Crippen LogP contribution in [0.2, 0.25) is 0 Å². The molecule has 2 fully saturated rings. The maximum Gasteiger partial charge on any atom is 0.274 e. The molecular weight excluding hydrogens is 394 g/mol. The SMILES string of the molecule is O=C(c1cnccn1)N1CC[C@@]2(COCc3cnc(N4CCC(F)(F)CC4)nc32)C1. The van der Waals surface area contributed by atoms with Gasteiger partial charge in [-0.05, 0) is 6.42 Å². The third-order valence-electron chi connectivity index (χ3n) is 6.19. The van der Waals surface area contributed by atoms with Crippen LogP contribution >= 0.6 is 0 Å². The van der Waals surface area contributed by atoms with Gasteiger partial charge in [0.25, 0.3) is 11.8 Å². The van der Waals surface area contributed by atoms with Crippen molar-refractivity contribution in [2.75, 3.05) is 37.7 Å². The van der Waals surface area contributed by atoms with Crippen LogP contribution in [0, 0.1) is 0 Å². The lowest BCUT2D eigenvalue weighted by atomic mass is 9.80. The van der Waals surface area contributed by atoms with E-state index in [0.717, 1.165) is 11.3 Å². The van der Waals surface area contributed by atoms with Crippen LogP contribution in [0.15, 0.2) is 24.8 Å². The lowest BCUT2D eigenvalue weighted by molar-refractivity contribution is -0.0223. The smallest absolute Gasteiger partial charge is 0.274 e. The highest BCUT2D eigenvalue weighted by Gasteiger charge is 2.47. The number of fused-ring (bicyclic) bond motifs is 2. The second-order valence-electron chi connectivity index (χ2n) is 8.23. The Labute approximate surface area is 172 Å². The van der Waals surface area contributed by atoms with Crippen LogP contribution in [0.25, 0.3) is 0 Å². The van der Waals surface area contributed by atoms with Crippen molar-refractivity contribution in [3.8, 4) is 0 Å². The van der Waals surface area contributed by atoms with Crippen LogP contribution in [-0.4, -0.2) is 69.5 Å². The molecule has 8 nitrogen and oxygen atoms in total. The Hall–Kier alpha value is -2.75. The summed E-state index contributed by atoms with van der Waals surface area (Å²) in [7, 11) is 0. The molecule has 1 spiro atoms. The van der Waals surface area contributed by atoms with Gasteiger partial charge in [0.05, 0.1) is 30.5 Å². The Balaban J connectivity index is 1.40. The number of likely N-dealkylation sites (tertiary alicyclic amines) is 1. The second kappa shape index (κ2) is 7.19. The molecule has 0 aliphatic carbocycles. The molecule has 0 saturated carbocycles. The third-order valence-corrected chi connectivity index (χ3v) is 6.19. The van der Waals surface area contributed by atoms with E-state index >= 15 is 0 Å². The number of piperidine rings is 1. The van der Waals surface area contributed by atoms with Gasteiger partial charge in [-0.15, -0.1) is 0 Å². The van der Waals surface area contributed by atoms with Crippen molar-refractivity contribution in [1.29, 1.82) is 0 Å². The summed E-state index contributed by atoms with van der Waals surface area (Å²) in [5.74, 6) is -2.31. The van der Waals surface area contributed by atoms with Gasteiger partial charge in [0.1, 0.15) is 5.69 Å². The molecule has 1 atom stereocenters. The van der Waals surface area contributed by atoms with Crippen molar-refractivity contribution in [3.05, 3.63) is 41.7 Å². The monoisotopic (exact) mass is 416 g/mol. The van der Waals surface area contributed by atoms with E-state index in [4.69, 9.17) is 9.72 Å². The van der Waals surface area contributed by atoms with Crippen LogP contribution in [-0.2, 0) is 16.8 Å². The molecule has 1 amide bonds. The molecular formula is C20H22F2N6O2. The maximum absolute atomic E-state index is 13.5. The van der Waals surface area contributed by atoms with Gasteiger partial charge in [-0.1, -0.05) is 0 Å².